The number of nitrogens with one attached hydrogen (secondary N) is 1. The lowest BCUT2D eigenvalue weighted by Gasteiger charge is -2.14. The van der Waals surface area contributed by atoms with Gasteiger partial charge in [0.25, 0.3) is 5.82 Å². The van der Waals surface area contributed by atoms with Crippen LogP contribution in [0.25, 0.3) is 0 Å². The van der Waals surface area contributed by atoms with E-state index in [1.807, 2.05) is 0 Å². The van der Waals surface area contributed by atoms with E-state index in [0.717, 1.165) is 6.54 Å². The predicted molar refractivity (Wildman–Crippen MR) is 144 cm³/mol. The Hall–Kier alpha value is -1.57. The van der Waals surface area contributed by atoms with Crippen molar-refractivity contribution in [2.45, 2.75) is 142 Å². The first-order valence-electron chi connectivity index (χ1n) is 14.5. The van der Waals surface area contributed by atoms with Gasteiger partial charge in [-0.3, -0.25) is 0 Å². The van der Waals surface area contributed by atoms with Gasteiger partial charge in [0, 0.05) is 0 Å². The van der Waals surface area contributed by atoms with Crippen LogP contribution in [0.3, 0.4) is 0 Å². The minimum Gasteiger partial charge on any atom is -0.247 e. The number of hydrogen-bond donors (Lipinski definition) is 1. The maximum atomic E-state index is 3.62. The number of aromatic nitrogens is 2. The molecule has 0 saturated carbocycles. The number of aromatic amines is 1. The van der Waals surface area contributed by atoms with Gasteiger partial charge >= 0.3 is 0 Å². The molecule has 2 aromatic rings. The molecule has 186 valence electrons. The molecule has 0 saturated heterocycles. The van der Waals surface area contributed by atoms with Crippen molar-refractivity contribution in [1.29, 1.82) is 0 Å². The summed E-state index contributed by atoms with van der Waals surface area (Å²) in [7, 11) is 0. The second kappa shape index (κ2) is 18.8. The van der Waals surface area contributed by atoms with E-state index in [9.17, 15) is 0 Å². The summed E-state index contributed by atoms with van der Waals surface area (Å²) in [5.41, 5.74) is 1.39. The van der Waals surface area contributed by atoms with Gasteiger partial charge in [-0.25, -0.2) is 9.55 Å². The van der Waals surface area contributed by atoms with Gasteiger partial charge in [-0.2, -0.15) is 0 Å². The van der Waals surface area contributed by atoms with E-state index in [-0.39, 0.29) is 0 Å². The molecule has 1 heterocycles. The molecule has 0 spiro atoms. The highest BCUT2D eigenvalue weighted by molar-refractivity contribution is 5.13. The van der Waals surface area contributed by atoms with Crippen molar-refractivity contribution in [3.63, 3.8) is 0 Å². The Bertz CT molecular complexity index is 675. The number of hydrogen-bond acceptors (Lipinski definition) is 0. The SMILES string of the molecule is CCCCCCCCCCCCCC[C@H](CCCCCC)c1[nH]cc[n+]1Cc1ccccc1. The van der Waals surface area contributed by atoms with Crippen molar-refractivity contribution in [1.82, 2.24) is 4.98 Å². The number of benzene rings is 1. The first-order chi connectivity index (χ1) is 16.3. The molecular weight excluding hydrogens is 400 g/mol. The summed E-state index contributed by atoms with van der Waals surface area (Å²) in [4.78, 5) is 3.62. The standard InChI is InChI=1S/C31H52N2/c1-3-5-7-9-10-11-12-13-14-15-16-21-25-30(24-20-8-6-4-2)31-32-26-27-33(31)28-29-22-18-17-19-23-29/h17-19,22-23,26-27,30H,3-16,20-21,24-25,28H2,1-2H3/p+1/t30-/m0/s1. The lowest BCUT2D eigenvalue weighted by molar-refractivity contribution is -0.695. The maximum Gasteiger partial charge on any atom is 0.257 e. The van der Waals surface area contributed by atoms with E-state index in [1.54, 1.807) is 0 Å². The van der Waals surface area contributed by atoms with Crippen LogP contribution in [0.4, 0.5) is 0 Å². The fourth-order valence-corrected chi connectivity index (χ4v) is 5.11. The smallest absolute Gasteiger partial charge is 0.247 e. The topological polar surface area (TPSA) is 19.7 Å². The summed E-state index contributed by atoms with van der Waals surface area (Å²) in [6.45, 7) is 5.58. The van der Waals surface area contributed by atoms with Crippen LogP contribution >= 0.6 is 0 Å². The lowest BCUT2D eigenvalue weighted by atomic mass is 9.93. The molecule has 0 radical (unpaired) electrons. The van der Waals surface area contributed by atoms with Crippen molar-refractivity contribution in [3.8, 4) is 0 Å². The van der Waals surface area contributed by atoms with Crippen LogP contribution in [0, 0.1) is 0 Å². The first-order valence-corrected chi connectivity index (χ1v) is 14.5. The Morgan fingerprint density at radius 2 is 1.12 bits per heavy atom. The number of imidazole rings is 1. The number of unbranched alkanes of at least 4 members (excludes halogenated alkanes) is 14. The molecule has 0 bridgehead atoms. The molecule has 0 fully saturated rings. The van der Waals surface area contributed by atoms with Crippen LogP contribution in [0.5, 0.6) is 0 Å². The van der Waals surface area contributed by atoms with E-state index < -0.39 is 0 Å². The highest BCUT2D eigenvalue weighted by atomic mass is 15.1. The Balaban J connectivity index is 1.70. The molecule has 2 nitrogen and oxygen atoms in total. The molecule has 0 aliphatic rings. The zero-order valence-corrected chi connectivity index (χ0v) is 22.0. The van der Waals surface area contributed by atoms with E-state index in [0.29, 0.717) is 5.92 Å². The fourth-order valence-electron chi connectivity index (χ4n) is 5.11. The molecule has 0 aliphatic carbocycles. The highest BCUT2D eigenvalue weighted by Crippen LogP contribution is 2.26. The Labute approximate surface area is 205 Å². The number of rotatable bonds is 21. The number of nitrogens with zero attached hydrogens (tertiary/aromatic N) is 1. The van der Waals surface area contributed by atoms with Crippen LogP contribution in [0.15, 0.2) is 42.7 Å². The second-order valence-corrected chi connectivity index (χ2v) is 10.2. The van der Waals surface area contributed by atoms with E-state index in [1.165, 1.54) is 127 Å². The van der Waals surface area contributed by atoms with Gasteiger partial charge in [-0.1, -0.05) is 147 Å². The van der Waals surface area contributed by atoms with Crippen molar-refractivity contribution < 1.29 is 4.57 Å². The van der Waals surface area contributed by atoms with Crippen LogP contribution < -0.4 is 4.57 Å². The summed E-state index contributed by atoms with van der Waals surface area (Å²) < 4.78 is 2.46. The highest BCUT2D eigenvalue weighted by Gasteiger charge is 2.22. The molecule has 2 rings (SSSR count). The Morgan fingerprint density at radius 3 is 1.67 bits per heavy atom. The van der Waals surface area contributed by atoms with Crippen molar-refractivity contribution in [2.24, 2.45) is 0 Å². The monoisotopic (exact) mass is 453 g/mol. The van der Waals surface area contributed by atoms with Crippen molar-refractivity contribution in [3.05, 3.63) is 54.1 Å². The zero-order chi connectivity index (χ0) is 23.4. The van der Waals surface area contributed by atoms with Crippen LogP contribution in [-0.4, -0.2) is 4.98 Å². The van der Waals surface area contributed by atoms with Gasteiger partial charge < -0.3 is 0 Å². The molecule has 2 heteroatoms. The summed E-state index contributed by atoms with van der Waals surface area (Å²) in [6, 6.07) is 10.9. The lowest BCUT2D eigenvalue weighted by Crippen LogP contribution is -2.38. The maximum absolute atomic E-state index is 3.62. The number of H-pyrrole nitrogens is 1. The molecule has 33 heavy (non-hydrogen) atoms. The normalized spacial score (nSPS) is 12.3. The molecule has 0 amide bonds. The van der Waals surface area contributed by atoms with E-state index in [2.05, 4.69) is 66.1 Å². The van der Waals surface area contributed by atoms with Gasteiger partial charge in [-0.05, 0) is 18.4 Å². The molecule has 1 N–H and O–H groups in total. The van der Waals surface area contributed by atoms with Gasteiger partial charge in [-0.15, -0.1) is 0 Å². The molecular formula is C31H53N2+. The van der Waals surface area contributed by atoms with E-state index in [4.69, 9.17) is 0 Å². The van der Waals surface area contributed by atoms with Gasteiger partial charge in [0.1, 0.15) is 18.9 Å². The minimum atomic E-state index is 0.670. The van der Waals surface area contributed by atoms with Gasteiger partial charge in [0.15, 0.2) is 0 Å². The van der Waals surface area contributed by atoms with Gasteiger partial charge in [0.2, 0.25) is 0 Å². The van der Waals surface area contributed by atoms with Crippen LogP contribution in [-0.2, 0) is 6.54 Å². The quantitative estimate of drug-likeness (QED) is 0.143. The Morgan fingerprint density at radius 1 is 0.636 bits per heavy atom. The predicted octanol–water partition coefficient (Wildman–Crippen LogP) is 9.50. The fraction of sp³-hybridized carbons (Fsp3) is 0.710. The van der Waals surface area contributed by atoms with Gasteiger partial charge in [0.05, 0.1) is 5.92 Å². The molecule has 0 unspecified atom stereocenters. The molecule has 1 aromatic heterocycles. The Kier molecular flexibility index (Phi) is 15.8. The van der Waals surface area contributed by atoms with E-state index >= 15 is 0 Å². The zero-order valence-electron chi connectivity index (χ0n) is 22.0. The summed E-state index contributed by atoms with van der Waals surface area (Å²) in [6.07, 6.45) is 29.6. The second-order valence-electron chi connectivity index (χ2n) is 10.2. The summed E-state index contributed by atoms with van der Waals surface area (Å²) in [5, 5.41) is 0. The third-order valence-electron chi connectivity index (χ3n) is 7.19. The van der Waals surface area contributed by atoms with Crippen LogP contribution in [0.2, 0.25) is 0 Å². The van der Waals surface area contributed by atoms with Crippen molar-refractivity contribution in [2.75, 3.05) is 0 Å². The average Bonchev–Trinajstić information content (AvgIpc) is 3.29. The average molecular weight is 454 g/mol. The van der Waals surface area contributed by atoms with Crippen molar-refractivity contribution >= 4 is 0 Å². The molecule has 1 atom stereocenters. The van der Waals surface area contributed by atoms with Crippen LogP contribution in [0.1, 0.15) is 147 Å². The molecule has 1 aromatic carbocycles. The third kappa shape index (κ3) is 12.5. The largest absolute Gasteiger partial charge is 0.257 e. The summed E-state index contributed by atoms with van der Waals surface area (Å²) >= 11 is 0. The first kappa shape index (κ1) is 27.7. The summed E-state index contributed by atoms with van der Waals surface area (Å²) in [5.74, 6) is 2.11. The minimum absolute atomic E-state index is 0.670. The third-order valence-corrected chi connectivity index (χ3v) is 7.19. The molecule has 0 aliphatic heterocycles.